The minimum absolute atomic E-state index is 0.136. The van der Waals surface area contributed by atoms with Crippen molar-refractivity contribution in [2.24, 2.45) is 5.73 Å². The Labute approximate surface area is 118 Å². The summed E-state index contributed by atoms with van der Waals surface area (Å²) in [4.78, 5) is 12.0. The van der Waals surface area contributed by atoms with Crippen LogP contribution >= 0.6 is 0 Å². The lowest BCUT2D eigenvalue weighted by atomic mass is 10.0. The summed E-state index contributed by atoms with van der Waals surface area (Å²) in [6.45, 7) is 2.62. The van der Waals surface area contributed by atoms with Crippen molar-refractivity contribution in [1.29, 1.82) is 0 Å². The molecule has 20 heavy (non-hydrogen) atoms. The van der Waals surface area contributed by atoms with Gasteiger partial charge in [0.1, 0.15) is 5.76 Å². The number of carbonyl (C=O) groups excluding carboxylic acids is 1. The van der Waals surface area contributed by atoms with Crippen molar-refractivity contribution in [3.05, 3.63) is 59.0 Å². The van der Waals surface area contributed by atoms with Gasteiger partial charge in [0.15, 0.2) is 0 Å². The van der Waals surface area contributed by atoms with Crippen molar-refractivity contribution in [1.82, 2.24) is 5.32 Å². The van der Waals surface area contributed by atoms with Crippen LogP contribution in [0.3, 0.4) is 0 Å². The molecule has 0 unspecified atom stereocenters. The van der Waals surface area contributed by atoms with Crippen LogP contribution in [0.1, 0.15) is 27.2 Å². The second-order valence-electron chi connectivity index (χ2n) is 4.30. The van der Waals surface area contributed by atoms with Gasteiger partial charge in [-0.1, -0.05) is 11.8 Å². The van der Waals surface area contributed by atoms with Crippen LogP contribution in [-0.4, -0.2) is 12.5 Å². The van der Waals surface area contributed by atoms with Crippen LogP contribution in [0.25, 0.3) is 0 Å². The molecule has 1 heterocycles. The number of amides is 1. The number of rotatable bonds is 3. The largest absolute Gasteiger partial charge is 0.467 e. The van der Waals surface area contributed by atoms with E-state index in [1.807, 2.05) is 25.1 Å². The monoisotopic (exact) mass is 268 g/mol. The molecule has 2 aromatic rings. The van der Waals surface area contributed by atoms with Crippen molar-refractivity contribution in [2.45, 2.75) is 13.5 Å². The Kier molecular flexibility index (Phi) is 4.59. The van der Waals surface area contributed by atoms with E-state index in [2.05, 4.69) is 17.2 Å². The third kappa shape index (κ3) is 3.50. The first-order chi connectivity index (χ1) is 9.70. The number of furan rings is 1. The molecule has 0 aliphatic heterocycles. The Morgan fingerprint density at radius 2 is 2.25 bits per heavy atom. The standard InChI is InChI=1S/C16H16N2O2/c1-12-10-14(7-6-13(12)4-2-8-17)16(19)18-11-15-5-3-9-20-15/h3,5-7,9-10H,8,11,17H2,1H3,(H,18,19). The van der Waals surface area contributed by atoms with E-state index < -0.39 is 0 Å². The van der Waals surface area contributed by atoms with Crippen molar-refractivity contribution in [3.63, 3.8) is 0 Å². The molecular weight excluding hydrogens is 252 g/mol. The van der Waals surface area contributed by atoms with Crippen LogP contribution in [0.4, 0.5) is 0 Å². The lowest BCUT2D eigenvalue weighted by Crippen LogP contribution is -2.22. The van der Waals surface area contributed by atoms with Crippen LogP contribution < -0.4 is 11.1 Å². The molecule has 4 nitrogen and oxygen atoms in total. The summed E-state index contributed by atoms with van der Waals surface area (Å²) in [5.41, 5.74) is 7.79. The van der Waals surface area contributed by atoms with E-state index in [4.69, 9.17) is 10.2 Å². The summed E-state index contributed by atoms with van der Waals surface area (Å²) < 4.78 is 5.16. The number of carbonyl (C=O) groups is 1. The lowest BCUT2D eigenvalue weighted by molar-refractivity contribution is 0.0948. The van der Waals surface area contributed by atoms with E-state index in [9.17, 15) is 4.79 Å². The van der Waals surface area contributed by atoms with Crippen LogP contribution in [0.5, 0.6) is 0 Å². The van der Waals surface area contributed by atoms with Crippen LogP contribution in [0.15, 0.2) is 41.0 Å². The van der Waals surface area contributed by atoms with Gasteiger partial charge in [0, 0.05) is 11.1 Å². The van der Waals surface area contributed by atoms with Gasteiger partial charge in [0.05, 0.1) is 19.4 Å². The summed E-state index contributed by atoms with van der Waals surface area (Å²) in [6, 6.07) is 9.01. The zero-order valence-electron chi connectivity index (χ0n) is 11.3. The molecule has 0 saturated heterocycles. The van der Waals surface area contributed by atoms with Gasteiger partial charge in [-0.25, -0.2) is 0 Å². The van der Waals surface area contributed by atoms with Gasteiger partial charge >= 0.3 is 0 Å². The molecule has 1 amide bonds. The topological polar surface area (TPSA) is 68.3 Å². The first-order valence-electron chi connectivity index (χ1n) is 6.31. The molecule has 4 heteroatoms. The second-order valence-corrected chi connectivity index (χ2v) is 4.30. The fourth-order valence-electron chi connectivity index (χ4n) is 1.77. The maximum atomic E-state index is 12.0. The SMILES string of the molecule is Cc1cc(C(=O)NCc2ccco2)ccc1C#CCN. The first kappa shape index (κ1) is 13.9. The van der Waals surface area contributed by atoms with E-state index in [0.29, 0.717) is 18.7 Å². The molecule has 0 fully saturated rings. The van der Waals surface area contributed by atoms with Gasteiger partial charge < -0.3 is 15.5 Å². The highest BCUT2D eigenvalue weighted by Gasteiger charge is 2.07. The van der Waals surface area contributed by atoms with Crippen molar-refractivity contribution < 1.29 is 9.21 Å². The summed E-state index contributed by atoms with van der Waals surface area (Å²) in [5, 5.41) is 2.80. The summed E-state index contributed by atoms with van der Waals surface area (Å²) in [7, 11) is 0. The molecule has 1 aromatic carbocycles. The molecular formula is C16H16N2O2. The van der Waals surface area contributed by atoms with Gasteiger partial charge in [0.25, 0.3) is 5.91 Å². The second kappa shape index (κ2) is 6.60. The molecule has 0 spiro atoms. The normalized spacial score (nSPS) is 9.70. The molecule has 0 saturated carbocycles. The fraction of sp³-hybridized carbons (Fsp3) is 0.188. The number of aryl methyl sites for hydroxylation is 1. The number of nitrogens with one attached hydrogen (secondary N) is 1. The predicted octanol–water partition coefficient (Wildman–Crippen LogP) is 1.83. The fourth-order valence-corrected chi connectivity index (χ4v) is 1.77. The van der Waals surface area contributed by atoms with E-state index in [1.165, 1.54) is 0 Å². The highest BCUT2D eigenvalue weighted by molar-refractivity contribution is 5.94. The minimum atomic E-state index is -0.136. The zero-order valence-corrected chi connectivity index (χ0v) is 11.3. The number of nitrogens with two attached hydrogens (primary N) is 1. The smallest absolute Gasteiger partial charge is 0.251 e. The highest BCUT2D eigenvalue weighted by atomic mass is 16.3. The third-order valence-corrected chi connectivity index (χ3v) is 2.82. The maximum absolute atomic E-state index is 12.0. The van der Waals surface area contributed by atoms with Gasteiger partial charge in [-0.2, -0.15) is 0 Å². The minimum Gasteiger partial charge on any atom is -0.467 e. The molecule has 102 valence electrons. The average molecular weight is 268 g/mol. The van der Waals surface area contributed by atoms with Gasteiger partial charge in [-0.15, -0.1) is 0 Å². The number of hydrogen-bond acceptors (Lipinski definition) is 3. The first-order valence-corrected chi connectivity index (χ1v) is 6.31. The van der Waals surface area contributed by atoms with E-state index in [1.54, 1.807) is 18.4 Å². The Bertz CT molecular complexity index is 649. The summed E-state index contributed by atoms with van der Waals surface area (Å²) in [6.07, 6.45) is 1.58. The number of hydrogen-bond donors (Lipinski definition) is 2. The van der Waals surface area contributed by atoms with E-state index >= 15 is 0 Å². The van der Waals surface area contributed by atoms with E-state index in [0.717, 1.165) is 16.9 Å². The van der Waals surface area contributed by atoms with Gasteiger partial charge in [-0.05, 0) is 42.8 Å². The Balaban J connectivity index is 2.05. The van der Waals surface area contributed by atoms with Gasteiger partial charge in [0.2, 0.25) is 0 Å². The molecule has 1 aromatic heterocycles. The Morgan fingerprint density at radius 3 is 2.90 bits per heavy atom. The third-order valence-electron chi connectivity index (χ3n) is 2.82. The Hall–Kier alpha value is -2.51. The number of benzene rings is 1. The zero-order chi connectivity index (χ0) is 14.4. The van der Waals surface area contributed by atoms with Crippen LogP contribution in [-0.2, 0) is 6.54 Å². The van der Waals surface area contributed by atoms with Crippen LogP contribution in [0.2, 0.25) is 0 Å². The average Bonchev–Trinajstić information content (AvgIpc) is 2.96. The summed E-state index contributed by atoms with van der Waals surface area (Å²) >= 11 is 0. The molecule has 0 aliphatic rings. The maximum Gasteiger partial charge on any atom is 0.251 e. The molecule has 0 radical (unpaired) electrons. The van der Waals surface area contributed by atoms with Crippen LogP contribution in [0, 0.1) is 18.8 Å². The van der Waals surface area contributed by atoms with Gasteiger partial charge in [-0.3, -0.25) is 4.79 Å². The molecule has 0 aliphatic carbocycles. The quantitative estimate of drug-likeness (QED) is 0.834. The summed E-state index contributed by atoms with van der Waals surface area (Å²) in [5.74, 6) is 6.36. The lowest BCUT2D eigenvalue weighted by Gasteiger charge is -2.05. The highest BCUT2D eigenvalue weighted by Crippen LogP contribution is 2.10. The molecule has 3 N–H and O–H groups in total. The molecule has 2 rings (SSSR count). The Morgan fingerprint density at radius 1 is 1.40 bits per heavy atom. The van der Waals surface area contributed by atoms with Crippen molar-refractivity contribution in [2.75, 3.05) is 6.54 Å². The molecule has 0 atom stereocenters. The molecule has 0 bridgehead atoms. The van der Waals surface area contributed by atoms with Crippen molar-refractivity contribution >= 4 is 5.91 Å². The van der Waals surface area contributed by atoms with E-state index in [-0.39, 0.29) is 5.91 Å². The van der Waals surface area contributed by atoms with Crippen molar-refractivity contribution in [3.8, 4) is 11.8 Å². The predicted molar refractivity (Wildman–Crippen MR) is 77.0 cm³/mol.